The summed E-state index contributed by atoms with van der Waals surface area (Å²) in [6.07, 6.45) is -6.93. The minimum absolute atomic E-state index is 0.184. The van der Waals surface area contributed by atoms with Gasteiger partial charge >= 0.3 is 0 Å². The van der Waals surface area contributed by atoms with Crippen molar-refractivity contribution in [3.8, 4) is 0 Å². The molecular weight excluding hydrogens is 870 g/mol. The maximum absolute atomic E-state index is 16.4. The lowest BCUT2D eigenvalue weighted by atomic mass is 9.28. The maximum Gasteiger partial charge on any atom is 0.225 e. The fraction of sp³-hybridized carbons (Fsp3) is 0.111. The molecule has 6 rings (SSSR count). The van der Waals surface area contributed by atoms with Gasteiger partial charge in [0, 0.05) is 0 Å². The van der Waals surface area contributed by atoms with E-state index in [1.807, 2.05) is 0 Å². The molecular formula is C36H14BF20OP. The molecule has 0 amide bonds. The van der Waals surface area contributed by atoms with Crippen LogP contribution in [0.25, 0.3) is 6.08 Å². The predicted molar refractivity (Wildman–Crippen MR) is 171 cm³/mol. The number of hydrogen-bond donors (Lipinski definition) is 0. The zero-order valence-electron chi connectivity index (χ0n) is 28.4. The third kappa shape index (κ3) is 5.86. The Morgan fingerprint density at radius 2 is 0.729 bits per heavy atom. The molecule has 0 bridgehead atoms. The van der Waals surface area contributed by atoms with Crippen molar-refractivity contribution in [3.05, 3.63) is 158 Å². The van der Waals surface area contributed by atoms with Crippen LogP contribution in [-0.4, -0.2) is 17.8 Å². The fourth-order valence-corrected chi connectivity index (χ4v) is 13.5. The number of rotatable bonds is 7. The summed E-state index contributed by atoms with van der Waals surface area (Å²) in [6.45, 7) is 0.485. The second-order valence-corrected chi connectivity index (χ2v) is 16.3. The molecule has 0 spiro atoms. The molecule has 1 saturated heterocycles. The molecule has 0 radical (unpaired) electrons. The van der Waals surface area contributed by atoms with Gasteiger partial charge in [0.1, 0.15) is 23.3 Å². The summed E-state index contributed by atoms with van der Waals surface area (Å²) in [5.74, 6) is -66.7. The smallest absolute Gasteiger partial charge is 0.225 e. The minimum Gasteiger partial charge on any atom is -0.544 e. The monoisotopic (exact) mass is 884 g/mol. The van der Waals surface area contributed by atoms with Crippen molar-refractivity contribution in [1.82, 2.24) is 0 Å². The first-order valence-electron chi connectivity index (χ1n) is 16.1. The molecule has 5 aromatic carbocycles. The van der Waals surface area contributed by atoms with Gasteiger partial charge in [-0.15, -0.1) is 0 Å². The summed E-state index contributed by atoms with van der Waals surface area (Å²) in [4.78, 5) is 0. The molecule has 1 aliphatic heterocycles. The van der Waals surface area contributed by atoms with Crippen molar-refractivity contribution in [2.45, 2.75) is 24.7 Å². The molecule has 23 heteroatoms. The van der Waals surface area contributed by atoms with E-state index in [9.17, 15) is 17.6 Å². The van der Waals surface area contributed by atoms with Gasteiger partial charge in [-0.25, -0.2) is 70.2 Å². The zero-order chi connectivity index (χ0) is 44.0. The second kappa shape index (κ2) is 15.2. The molecule has 1 heterocycles. The van der Waals surface area contributed by atoms with Crippen LogP contribution in [-0.2, 0) is 4.65 Å². The van der Waals surface area contributed by atoms with E-state index in [2.05, 4.69) is 0 Å². The van der Waals surface area contributed by atoms with Gasteiger partial charge < -0.3 is 4.65 Å². The highest BCUT2D eigenvalue weighted by Crippen LogP contribution is 2.74. The topological polar surface area (TPSA) is 9.23 Å². The lowest BCUT2D eigenvalue weighted by Gasteiger charge is -2.43. The minimum atomic E-state index is -6.74. The first-order valence-corrected chi connectivity index (χ1v) is 18.0. The molecule has 2 atom stereocenters. The summed E-state index contributed by atoms with van der Waals surface area (Å²) in [6, 6.07) is 5.91. The number of benzene rings is 5. The summed E-state index contributed by atoms with van der Waals surface area (Å²) in [7, 11) is -6.74. The molecule has 0 saturated carbocycles. The molecule has 0 aliphatic carbocycles. The Morgan fingerprint density at radius 3 is 1.03 bits per heavy atom. The summed E-state index contributed by atoms with van der Waals surface area (Å²) < 4.78 is 316. The largest absolute Gasteiger partial charge is 0.544 e. The highest BCUT2D eigenvalue weighted by molar-refractivity contribution is 7.93. The van der Waals surface area contributed by atoms with Gasteiger partial charge in [0.15, 0.2) is 51.4 Å². The van der Waals surface area contributed by atoms with E-state index in [1.54, 1.807) is 0 Å². The molecule has 59 heavy (non-hydrogen) atoms. The van der Waals surface area contributed by atoms with Crippen molar-refractivity contribution in [3.63, 3.8) is 0 Å². The molecule has 1 fully saturated rings. The maximum atomic E-state index is 16.4. The highest BCUT2D eigenvalue weighted by atomic mass is 31.2. The van der Waals surface area contributed by atoms with E-state index in [4.69, 9.17) is 4.65 Å². The van der Waals surface area contributed by atoms with Crippen molar-refractivity contribution in [1.29, 1.82) is 0 Å². The Hall–Kier alpha value is -5.11. The van der Waals surface area contributed by atoms with Gasteiger partial charge in [-0.3, -0.25) is 0 Å². The third-order valence-electron chi connectivity index (χ3n) is 9.95. The Labute approximate surface area is 316 Å². The Balaban J connectivity index is 2.05. The lowest BCUT2D eigenvalue weighted by Crippen LogP contribution is -2.70. The SMILES string of the molecule is CC[C@@H]1[B-](c2c(F)c(F)c(F)c(F)c2F)(c2c(F)c(F)c(F)c(F)c2F)O[C@@H](/C=C/c2ccccc2)[P+]1(c1c(F)c(F)c(F)c(F)c1F)c1c(F)c(F)c(F)c(F)c1F. The van der Waals surface area contributed by atoms with Crippen LogP contribution in [0.4, 0.5) is 87.8 Å². The molecule has 0 aromatic heterocycles. The molecule has 5 aromatic rings. The Bertz CT molecular complexity index is 2360. The van der Waals surface area contributed by atoms with Gasteiger partial charge in [-0.05, 0) is 23.6 Å². The van der Waals surface area contributed by atoms with Crippen molar-refractivity contribution < 1.29 is 92.5 Å². The van der Waals surface area contributed by atoms with Crippen LogP contribution in [0.2, 0.25) is 0 Å². The van der Waals surface area contributed by atoms with E-state index >= 15 is 70.2 Å². The first-order chi connectivity index (χ1) is 27.6. The molecule has 0 N–H and O–H groups in total. The van der Waals surface area contributed by atoms with Gasteiger partial charge in [-0.2, -0.15) is 17.6 Å². The highest BCUT2D eigenvalue weighted by Gasteiger charge is 2.73. The summed E-state index contributed by atoms with van der Waals surface area (Å²) >= 11 is 0. The Morgan fingerprint density at radius 1 is 0.441 bits per heavy atom. The van der Waals surface area contributed by atoms with Gasteiger partial charge in [0.25, 0.3) is 0 Å². The number of halogens is 20. The number of hydrogen-bond acceptors (Lipinski definition) is 1. The van der Waals surface area contributed by atoms with Gasteiger partial charge in [0.05, 0.1) is 7.26 Å². The predicted octanol–water partition coefficient (Wildman–Crippen LogP) is 9.58. The van der Waals surface area contributed by atoms with Crippen LogP contribution in [0.5, 0.6) is 0 Å². The van der Waals surface area contributed by atoms with Crippen LogP contribution in [0.1, 0.15) is 18.9 Å². The van der Waals surface area contributed by atoms with Gasteiger partial charge in [-0.1, -0.05) is 54.3 Å². The van der Waals surface area contributed by atoms with E-state index in [0.29, 0.717) is 13.0 Å². The molecule has 1 nitrogen and oxygen atoms in total. The van der Waals surface area contributed by atoms with E-state index in [0.717, 1.165) is 12.1 Å². The molecule has 312 valence electrons. The zero-order valence-corrected chi connectivity index (χ0v) is 29.3. The Kier molecular flexibility index (Phi) is 11.2. The first kappa shape index (κ1) is 43.5. The van der Waals surface area contributed by atoms with Crippen molar-refractivity contribution in [2.75, 3.05) is 0 Å². The van der Waals surface area contributed by atoms with Crippen molar-refractivity contribution in [2.24, 2.45) is 0 Å². The second-order valence-electron chi connectivity index (χ2n) is 12.7. The van der Waals surface area contributed by atoms with Crippen LogP contribution in [0.3, 0.4) is 0 Å². The average molecular weight is 884 g/mol. The normalized spacial score (nSPS) is 17.4. The fourth-order valence-electron chi connectivity index (χ4n) is 7.68. The van der Waals surface area contributed by atoms with Crippen LogP contribution in [0.15, 0.2) is 36.4 Å². The van der Waals surface area contributed by atoms with Gasteiger partial charge in [0.2, 0.25) is 64.5 Å². The molecule has 1 aliphatic rings. The quantitative estimate of drug-likeness (QED) is 0.0521. The van der Waals surface area contributed by atoms with E-state index in [1.165, 1.54) is 18.2 Å². The lowest BCUT2D eigenvalue weighted by molar-refractivity contribution is 0.326. The van der Waals surface area contributed by atoms with E-state index < -0.39 is 169 Å². The standard InChI is InChI=1S/C36H14BF20OP/c1-2-11-37(13-15(38)19(42)23(46)20(43)16(13)39,14-17(40)21(44)24(47)22(45)18(14)41)58-12(9-8-10-6-4-3-5-7-10)59(11,35-31(54)27(50)25(48)28(51)32(35)55)36-33(56)29(52)26(49)30(53)34(36)57/h3-9,11-12H,2H2,1H3/b9-8+/t11-,12-/m1/s1. The average Bonchev–Trinajstić information content (AvgIpc) is 3.49. The van der Waals surface area contributed by atoms with Crippen molar-refractivity contribution >= 4 is 41.2 Å². The summed E-state index contributed by atoms with van der Waals surface area (Å²) in [5.41, 5.74) is -9.40. The summed E-state index contributed by atoms with van der Waals surface area (Å²) in [5, 5.41) is -5.38. The molecule has 0 unspecified atom stereocenters. The van der Waals surface area contributed by atoms with Crippen LogP contribution < -0.4 is 21.5 Å². The van der Waals surface area contributed by atoms with E-state index in [-0.39, 0.29) is 11.6 Å². The van der Waals surface area contributed by atoms with Crippen LogP contribution >= 0.6 is 7.26 Å². The third-order valence-corrected chi connectivity index (χ3v) is 15.1. The van der Waals surface area contributed by atoms with Crippen LogP contribution in [0, 0.1) is 116 Å².